The normalized spacial score (nSPS) is 16.9. The summed E-state index contributed by atoms with van der Waals surface area (Å²) in [7, 11) is 0. The van der Waals surface area contributed by atoms with Crippen LogP contribution in [0.3, 0.4) is 0 Å². The second kappa shape index (κ2) is 8.14. The van der Waals surface area contributed by atoms with Gasteiger partial charge in [-0.25, -0.2) is 4.98 Å². The molecule has 0 spiro atoms. The smallest absolute Gasteiger partial charge is 0.185 e. The lowest BCUT2D eigenvalue weighted by molar-refractivity contribution is 0.438. The molecule has 0 amide bonds. The minimum atomic E-state index is 0.704. The number of thiazole rings is 1. The number of piperidine rings is 1. The second-order valence-electron chi connectivity index (χ2n) is 6.81. The first-order valence-corrected chi connectivity index (χ1v) is 9.36. The molecule has 1 fully saturated rings. The Kier molecular flexibility index (Phi) is 6.49. The molecule has 120 valence electrons. The fourth-order valence-corrected chi connectivity index (χ4v) is 3.88. The molecule has 0 saturated carbocycles. The van der Waals surface area contributed by atoms with E-state index in [0.717, 1.165) is 25.4 Å². The largest absolute Gasteiger partial charge is 0.348 e. The van der Waals surface area contributed by atoms with E-state index < -0.39 is 0 Å². The van der Waals surface area contributed by atoms with Crippen LogP contribution in [0.15, 0.2) is 0 Å². The Hall–Kier alpha value is -0.610. The zero-order valence-corrected chi connectivity index (χ0v) is 14.9. The van der Waals surface area contributed by atoms with Gasteiger partial charge in [0.15, 0.2) is 5.13 Å². The van der Waals surface area contributed by atoms with Crippen LogP contribution < -0.4 is 10.2 Å². The predicted molar refractivity (Wildman–Crippen MR) is 93.3 cm³/mol. The van der Waals surface area contributed by atoms with Crippen molar-refractivity contribution in [2.24, 2.45) is 11.8 Å². The zero-order valence-electron chi connectivity index (χ0n) is 14.1. The van der Waals surface area contributed by atoms with Gasteiger partial charge in [-0.1, -0.05) is 34.1 Å². The van der Waals surface area contributed by atoms with Gasteiger partial charge in [-0.2, -0.15) is 0 Å². The molecule has 0 bridgehead atoms. The fraction of sp³-hybridized carbons (Fsp3) is 0.824. The van der Waals surface area contributed by atoms with Crippen molar-refractivity contribution in [2.45, 2.75) is 59.9 Å². The third-order valence-corrected chi connectivity index (χ3v) is 5.30. The van der Waals surface area contributed by atoms with E-state index in [4.69, 9.17) is 4.98 Å². The van der Waals surface area contributed by atoms with Gasteiger partial charge in [-0.05, 0) is 37.6 Å². The highest BCUT2D eigenvalue weighted by molar-refractivity contribution is 7.15. The third-order valence-electron chi connectivity index (χ3n) is 4.15. The van der Waals surface area contributed by atoms with Crippen molar-refractivity contribution in [1.82, 2.24) is 10.3 Å². The van der Waals surface area contributed by atoms with E-state index in [2.05, 4.69) is 37.9 Å². The fourth-order valence-electron chi connectivity index (χ4n) is 2.75. The first kappa shape index (κ1) is 16.8. The molecule has 0 unspecified atom stereocenters. The number of hydrogen-bond acceptors (Lipinski definition) is 4. The zero-order chi connectivity index (χ0) is 15.2. The first-order valence-electron chi connectivity index (χ1n) is 8.54. The lowest BCUT2D eigenvalue weighted by Gasteiger charge is -2.29. The maximum Gasteiger partial charge on any atom is 0.185 e. The second-order valence-corrected chi connectivity index (χ2v) is 7.87. The quantitative estimate of drug-likeness (QED) is 0.822. The highest BCUT2D eigenvalue weighted by Crippen LogP contribution is 2.30. The van der Waals surface area contributed by atoms with Crippen molar-refractivity contribution in [3.63, 3.8) is 0 Å². The third kappa shape index (κ3) is 4.96. The predicted octanol–water partition coefficient (Wildman–Crippen LogP) is 4.08. The standard InChI is InChI=1S/C17H31N3S/c1-5-6-15-16(12-18-11-13(2)3)21-17(19-15)20-9-7-14(4)8-10-20/h13-14,18H,5-12H2,1-4H3. The van der Waals surface area contributed by atoms with Crippen LogP contribution in [0.4, 0.5) is 5.13 Å². The molecule has 1 aliphatic rings. The van der Waals surface area contributed by atoms with Crippen molar-refractivity contribution < 1.29 is 0 Å². The van der Waals surface area contributed by atoms with E-state index in [1.165, 1.54) is 48.1 Å². The van der Waals surface area contributed by atoms with E-state index in [9.17, 15) is 0 Å². The highest BCUT2D eigenvalue weighted by atomic mass is 32.1. The summed E-state index contributed by atoms with van der Waals surface area (Å²) in [5.41, 5.74) is 1.33. The molecule has 0 radical (unpaired) electrons. The summed E-state index contributed by atoms with van der Waals surface area (Å²) >= 11 is 1.91. The van der Waals surface area contributed by atoms with E-state index >= 15 is 0 Å². The Morgan fingerprint density at radius 2 is 2.05 bits per heavy atom. The Labute approximate surface area is 134 Å². The summed E-state index contributed by atoms with van der Waals surface area (Å²) in [5.74, 6) is 1.58. The van der Waals surface area contributed by atoms with Crippen LogP contribution in [0.25, 0.3) is 0 Å². The van der Waals surface area contributed by atoms with Crippen LogP contribution in [0.1, 0.15) is 57.5 Å². The Morgan fingerprint density at radius 3 is 2.67 bits per heavy atom. The molecule has 0 aliphatic carbocycles. The van der Waals surface area contributed by atoms with Gasteiger partial charge >= 0.3 is 0 Å². The molecule has 1 N–H and O–H groups in total. The molecule has 2 rings (SSSR count). The van der Waals surface area contributed by atoms with Crippen LogP contribution in [0.5, 0.6) is 0 Å². The average Bonchev–Trinajstić information content (AvgIpc) is 2.83. The summed E-state index contributed by atoms with van der Waals surface area (Å²) in [6, 6.07) is 0. The molecule has 21 heavy (non-hydrogen) atoms. The molecule has 1 aliphatic heterocycles. The van der Waals surface area contributed by atoms with Crippen molar-refractivity contribution in [3.05, 3.63) is 10.6 Å². The monoisotopic (exact) mass is 309 g/mol. The number of anilines is 1. The van der Waals surface area contributed by atoms with E-state index in [-0.39, 0.29) is 0 Å². The highest BCUT2D eigenvalue weighted by Gasteiger charge is 2.20. The van der Waals surface area contributed by atoms with Gasteiger partial charge in [-0.15, -0.1) is 11.3 Å². The van der Waals surface area contributed by atoms with Crippen molar-refractivity contribution in [3.8, 4) is 0 Å². The molecule has 3 nitrogen and oxygen atoms in total. The van der Waals surface area contributed by atoms with E-state index in [1.54, 1.807) is 0 Å². The summed E-state index contributed by atoms with van der Waals surface area (Å²) in [5, 5.41) is 4.83. The van der Waals surface area contributed by atoms with Crippen molar-refractivity contribution >= 4 is 16.5 Å². The van der Waals surface area contributed by atoms with Gasteiger partial charge in [0.2, 0.25) is 0 Å². The maximum atomic E-state index is 4.95. The Bertz CT molecular complexity index is 420. The molecular weight excluding hydrogens is 278 g/mol. The summed E-state index contributed by atoms with van der Waals surface area (Å²) in [4.78, 5) is 8.90. The average molecular weight is 310 g/mol. The summed E-state index contributed by atoms with van der Waals surface area (Å²) in [6.07, 6.45) is 4.91. The molecular formula is C17H31N3S. The number of hydrogen-bond donors (Lipinski definition) is 1. The number of aromatic nitrogens is 1. The van der Waals surface area contributed by atoms with Gasteiger partial charge in [0.1, 0.15) is 0 Å². The van der Waals surface area contributed by atoms with Crippen LogP contribution in [0.2, 0.25) is 0 Å². The Balaban J connectivity index is 2.01. The van der Waals surface area contributed by atoms with Gasteiger partial charge in [0, 0.05) is 24.5 Å². The maximum absolute atomic E-state index is 4.95. The van der Waals surface area contributed by atoms with E-state index in [0.29, 0.717) is 5.92 Å². The molecule has 0 aromatic carbocycles. The van der Waals surface area contributed by atoms with Crippen molar-refractivity contribution in [1.29, 1.82) is 0 Å². The van der Waals surface area contributed by atoms with Crippen LogP contribution in [-0.2, 0) is 13.0 Å². The molecule has 2 heterocycles. The van der Waals surface area contributed by atoms with Crippen LogP contribution >= 0.6 is 11.3 Å². The van der Waals surface area contributed by atoms with Gasteiger partial charge in [0.05, 0.1) is 5.69 Å². The minimum absolute atomic E-state index is 0.704. The van der Waals surface area contributed by atoms with Crippen LogP contribution in [-0.4, -0.2) is 24.6 Å². The molecule has 0 atom stereocenters. The first-order chi connectivity index (χ1) is 10.1. The summed E-state index contributed by atoms with van der Waals surface area (Å²) in [6.45, 7) is 13.5. The Morgan fingerprint density at radius 1 is 1.33 bits per heavy atom. The number of nitrogens with zero attached hydrogens (tertiary/aromatic N) is 2. The number of rotatable bonds is 7. The van der Waals surface area contributed by atoms with Gasteiger partial charge in [0.25, 0.3) is 0 Å². The molecule has 1 aromatic heterocycles. The summed E-state index contributed by atoms with van der Waals surface area (Å²) < 4.78 is 0. The lowest BCUT2D eigenvalue weighted by Crippen LogP contribution is -2.32. The molecule has 4 heteroatoms. The topological polar surface area (TPSA) is 28.2 Å². The lowest BCUT2D eigenvalue weighted by atomic mass is 10.00. The van der Waals surface area contributed by atoms with Gasteiger partial charge in [-0.3, -0.25) is 0 Å². The molecule has 1 aromatic rings. The number of aryl methyl sites for hydroxylation is 1. The number of nitrogens with one attached hydrogen (secondary N) is 1. The SMILES string of the molecule is CCCc1nc(N2CCC(C)CC2)sc1CNCC(C)C. The van der Waals surface area contributed by atoms with Crippen molar-refractivity contribution in [2.75, 3.05) is 24.5 Å². The van der Waals surface area contributed by atoms with Gasteiger partial charge < -0.3 is 10.2 Å². The van der Waals surface area contributed by atoms with E-state index in [1.807, 2.05) is 11.3 Å². The minimum Gasteiger partial charge on any atom is -0.348 e. The van der Waals surface area contributed by atoms with Crippen LogP contribution in [0, 0.1) is 11.8 Å². The molecule has 1 saturated heterocycles.